The molecule has 0 radical (unpaired) electrons. The largest absolute Gasteiger partial charge is 0.320 e. The van der Waals surface area contributed by atoms with Crippen molar-refractivity contribution in [1.82, 2.24) is 4.57 Å². The quantitative estimate of drug-likeness (QED) is 0.915. The number of carbonyl (C=O) groups excluding carboxylic acids is 1. The highest BCUT2D eigenvalue weighted by Gasteiger charge is 2.15. The van der Waals surface area contributed by atoms with Crippen molar-refractivity contribution >= 4 is 34.5 Å². The van der Waals surface area contributed by atoms with E-state index < -0.39 is 18.1 Å². The third-order valence-electron chi connectivity index (χ3n) is 2.82. The minimum Gasteiger partial charge on any atom is -0.320 e. The minimum absolute atomic E-state index is 0.169. The summed E-state index contributed by atoms with van der Waals surface area (Å²) >= 11 is 6.74. The van der Waals surface area contributed by atoms with Gasteiger partial charge in [-0.1, -0.05) is 11.6 Å². The Bertz CT molecular complexity index is 907. The van der Waals surface area contributed by atoms with Gasteiger partial charge in [-0.2, -0.15) is 10.5 Å². The molecular weight excluding hydrogens is 343 g/mol. The second kappa shape index (κ2) is 7.05. The molecule has 0 unspecified atom stereocenters. The lowest BCUT2D eigenvalue weighted by Crippen LogP contribution is -2.24. The van der Waals surface area contributed by atoms with E-state index in [4.69, 9.17) is 22.1 Å². The van der Waals surface area contributed by atoms with Crippen molar-refractivity contribution in [3.8, 4) is 12.1 Å². The fourth-order valence-corrected chi connectivity index (χ4v) is 2.87. The van der Waals surface area contributed by atoms with E-state index in [-0.39, 0.29) is 32.6 Å². The lowest BCUT2D eigenvalue weighted by Gasteiger charge is -2.08. The average Bonchev–Trinajstić information content (AvgIpc) is 2.91. The number of alkyl halides is 1. The van der Waals surface area contributed by atoms with Crippen LogP contribution in [0.1, 0.15) is 20.8 Å². The molecule has 0 bridgehead atoms. The number of nitriles is 2. The predicted molar refractivity (Wildman–Crippen MR) is 83.4 cm³/mol. The van der Waals surface area contributed by atoms with Gasteiger partial charge in [0, 0.05) is 6.20 Å². The Balaban J connectivity index is 2.34. The molecule has 0 saturated heterocycles. The fourth-order valence-electron chi connectivity index (χ4n) is 1.79. The summed E-state index contributed by atoms with van der Waals surface area (Å²) in [6.07, 6.45) is 1.25. The van der Waals surface area contributed by atoms with Crippen LogP contribution in [0.2, 0.25) is 4.34 Å². The number of anilines is 1. The van der Waals surface area contributed by atoms with Crippen molar-refractivity contribution < 1.29 is 9.18 Å². The maximum absolute atomic E-state index is 12.5. The van der Waals surface area contributed by atoms with E-state index in [1.54, 1.807) is 6.07 Å². The summed E-state index contributed by atoms with van der Waals surface area (Å²) in [7, 11) is 0. The first kappa shape index (κ1) is 16.7. The van der Waals surface area contributed by atoms with Crippen molar-refractivity contribution in [2.24, 2.45) is 0 Å². The molecule has 9 heteroatoms. The molecule has 0 fully saturated rings. The highest BCUT2D eigenvalue weighted by atomic mass is 35.5. The fraction of sp³-hybridized carbons (Fsp3) is 0.143. The van der Waals surface area contributed by atoms with Crippen LogP contribution < -0.4 is 10.9 Å². The Morgan fingerprint density at radius 3 is 2.61 bits per heavy atom. The Kier molecular flexibility index (Phi) is 5.12. The first-order chi connectivity index (χ1) is 11.0. The number of rotatable bonds is 4. The molecule has 0 aliphatic heterocycles. The van der Waals surface area contributed by atoms with E-state index in [0.29, 0.717) is 0 Å². The van der Waals surface area contributed by atoms with E-state index in [9.17, 15) is 14.0 Å². The van der Waals surface area contributed by atoms with Crippen LogP contribution in [0.15, 0.2) is 23.1 Å². The molecule has 2 aromatic rings. The van der Waals surface area contributed by atoms with Gasteiger partial charge < -0.3 is 9.88 Å². The molecule has 0 aliphatic rings. The van der Waals surface area contributed by atoms with Crippen LogP contribution >= 0.6 is 22.9 Å². The van der Waals surface area contributed by atoms with Gasteiger partial charge in [-0.15, -0.1) is 11.3 Å². The molecule has 0 aliphatic carbocycles. The molecule has 116 valence electrons. The van der Waals surface area contributed by atoms with Gasteiger partial charge >= 0.3 is 0 Å². The number of hydrogen-bond acceptors (Lipinski definition) is 5. The van der Waals surface area contributed by atoms with Crippen LogP contribution in [0, 0.1) is 22.7 Å². The van der Waals surface area contributed by atoms with Crippen molar-refractivity contribution in [3.63, 3.8) is 0 Å². The van der Waals surface area contributed by atoms with Gasteiger partial charge in [0.05, 0.1) is 22.7 Å². The summed E-state index contributed by atoms with van der Waals surface area (Å²) in [6.45, 7) is -1.01. The van der Waals surface area contributed by atoms with Gasteiger partial charge in [0.2, 0.25) is 0 Å². The van der Waals surface area contributed by atoms with Crippen LogP contribution in [-0.4, -0.2) is 17.1 Å². The normalized spacial score (nSPS) is 9.91. The summed E-state index contributed by atoms with van der Waals surface area (Å²) in [5.74, 6) is -0.548. The highest BCUT2D eigenvalue weighted by Crippen LogP contribution is 2.27. The molecule has 1 N–H and O–H groups in total. The molecular formula is C14H8ClFN4O2S. The van der Waals surface area contributed by atoms with Gasteiger partial charge in [0.1, 0.15) is 28.7 Å². The maximum Gasteiger partial charge on any atom is 0.268 e. The van der Waals surface area contributed by atoms with Crippen LogP contribution in [0.25, 0.3) is 0 Å². The van der Waals surface area contributed by atoms with E-state index in [1.165, 1.54) is 18.3 Å². The van der Waals surface area contributed by atoms with E-state index in [2.05, 4.69) is 5.32 Å². The summed E-state index contributed by atoms with van der Waals surface area (Å²) in [6, 6.07) is 6.10. The van der Waals surface area contributed by atoms with Crippen molar-refractivity contribution in [2.75, 3.05) is 12.0 Å². The standard InChI is InChI=1S/C14H8ClFN4O2S/c15-12-8(5-17)4-11(23-12)13(21)19-10-3-9(6-18)14(22)20(7-10)2-1-16/h3-4,7H,1-2H2,(H,19,21). The molecule has 0 spiro atoms. The topological polar surface area (TPSA) is 98.7 Å². The molecule has 23 heavy (non-hydrogen) atoms. The van der Waals surface area contributed by atoms with Crippen LogP contribution in [0.3, 0.4) is 0 Å². The Morgan fingerprint density at radius 2 is 2.04 bits per heavy atom. The summed E-state index contributed by atoms with van der Waals surface area (Å²) in [5.41, 5.74) is -0.489. The lowest BCUT2D eigenvalue weighted by atomic mass is 10.2. The van der Waals surface area contributed by atoms with E-state index in [0.717, 1.165) is 15.9 Å². The van der Waals surface area contributed by atoms with Crippen LogP contribution in [0.4, 0.5) is 10.1 Å². The minimum atomic E-state index is -0.783. The lowest BCUT2D eigenvalue weighted by molar-refractivity contribution is 0.103. The Hall–Kier alpha value is -2.68. The van der Waals surface area contributed by atoms with Gasteiger partial charge in [0.25, 0.3) is 11.5 Å². The Morgan fingerprint density at radius 1 is 1.35 bits per heavy atom. The van der Waals surface area contributed by atoms with Crippen molar-refractivity contribution in [3.05, 3.63) is 49.0 Å². The number of nitrogens with zero attached hydrogens (tertiary/aromatic N) is 3. The molecule has 2 rings (SSSR count). The first-order valence-electron chi connectivity index (χ1n) is 6.21. The number of aromatic nitrogens is 1. The highest BCUT2D eigenvalue weighted by molar-refractivity contribution is 7.18. The zero-order valence-corrected chi connectivity index (χ0v) is 13.0. The molecule has 1 amide bonds. The number of amides is 1. The maximum atomic E-state index is 12.5. The second-order valence-electron chi connectivity index (χ2n) is 4.31. The predicted octanol–water partition coefficient (Wildman–Crippen LogP) is 2.53. The summed E-state index contributed by atoms with van der Waals surface area (Å²) in [5, 5.41) is 20.3. The van der Waals surface area contributed by atoms with Crippen LogP contribution in [-0.2, 0) is 6.54 Å². The van der Waals surface area contributed by atoms with E-state index in [1.807, 2.05) is 6.07 Å². The SMILES string of the molecule is N#Cc1cc(C(=O)Nc2cc(C#N)c(=O)n(CCF)c2)sc1Cl. The third-order valence-corrected chi connectivity index (χ3v) is 4.18. The van der Waals surface area contributed by atoms with Gasteiger partial charge in [0.15, 0.2) is 0 Å². The number of carbonyl (C=O) groups is 1. The van der Waals surface area contributed by atoms with Gasteiger partial charge in [-0.25, -0.2) is 4.39 Å². The molecule has 6 nitrogen and oxygen atoms in total. The summed E-state index contributed by atoms with van der Waals surface area (Å²) in [4.78, 5) is 24.1. The second-order valence-corrected chi connectivity index (χ2v) is 5.96. The number of thiophene rings is 1. The molecule has 2 heterocycles. The third kappa shape index (κ3) is 3.57. The van der Waals surface area contributed by atoms with Gasteiger partial charge in [-0.3, -0.25) is 9.59 Å². The monoisotopic (exact) mass is 350 g/mol. The van der Waals surface area contributed by atoms with Crippen LogP contribution in [0.5, 0.6) is 0 Å². The van der Waals surface area contributed by atoms with Crippen molar-refractivity contribution in [2.45, 2.75) is 6.54 Å². The summed E-state index contributed by atoms with van der Waals surface area (Å²) < 4.78 is 13.7. The number of aryl methyl sites for hydroxylation is 1. The van der Waals surface area contributed by atoms with Crippen molar-refractivity contribution in [1.29, 1.82) is 10.5 Å². The molecule has 2 aromatic heterocycles. The zero-order valence-electron chi connectivity index (χ0n) is 11.5. The molecule has 0 atom stereocenters. The zero-order chi connectivity index (χ0) is 17.0. The molecule has 0 saturated carbocycles. The number of halogens is 2. The van der Waals surface area contributed by atoms with E-state index >= 15 is 0 Å². The van der Waals surface area contributed by atoms with Gasteiger partial charge in [-0.05, 0) is 12.1 Å². The first-order valence-corrected chi connectivity index (χ1v) is 7.41. The number of nitrogens with one attached hydrogen (secondary N) is 1. The smallest absolute Gasteiger partial charge is 0.268 e. The molecule has 0 aromatic carbocycles. The number of pyridine rings is 1. The number of hydrogen-bond donors (Lipinski definition) is 1. The Labute approximate surface area is 139 Å². The average molecular weight is 351 g/mol.